The van der Waals surface area contributed by atoms with E-state index in [1.165, 1.54) is 0 Å². The molecule has 0 unspecified atom stereocenters. The van der Waals surface area contributed by atoms with Crippen LogP contribution in [-0.4, -0.2) is 41.7 Å². The van der Waals surface area contributed by atoms with Crippen molar-refractivity contribution in [3.63, 3.8) is 0 Å². The summed E-state index contributed by atoms with van der Waals surface area (Å²) in [5.74, 6) is -0.0880. The van der Waals surface area contributed by atoms with E-state index in [1.807, 2.05) is 45.9 Å². The number of carbonyl (C=O) groups is 1. The molecule has 19 heavy (non-hydrogen) atoms. The van der Waals surface area contributed by atoms with Crippen molar-refractivity contribution in [3.8, 4) is 0 Å². The summed E-state index contributed by atoms with van der Waals surface area (Å²) >= 11 is 0. The van der Waals surface area contributed by atoms with Gasteiger partial charge in [0.1, 0.15) is 0 Å². The number of benzene rings is 1. The summed E-state index contributed by atoms with van der Waals surface area (Å²) in [5, 5.41) is 12.6. The third kappa shape index (κ3) is 3.47. The van der Waals surface area contributed by atoms with Gasteiger partial charge in [-0.15, -0.1) is 0 Å². The number of nitrogens with zero attached hydrogens (tertiary/aromatic N) is 1. The molecule has 4 heteroatoms. The van der Waals surface area contributed by atoms with Crippen LogP contribution in [0.1, 0.15) is 36.7 Å². The van der Waals surface area contributed by atoms with E-state index >= 15 is 0 Å². The molecule has 0 saturated carbocycles. The molecular formula is C15H24N2O2. The Morgan fingerprint density at radius 1 is 1.42 bits per heavy atom. The number of rotatable bonds is 5. The van der Waals surface area contributed by atoms with E-state index < -0.39 is 5.54 Å². The molecule has 0 radical (unpaired) electrons. The normalized spacial score (nSPS) is 11.3. The number of aliphatic hydroxyl groups is 1. The highest BCUT2D eigenvalue weighted by Gasteiger charge is 2.28. The number of hydrogen-bond acceptors (Lipinski definition) is 3. The minimum atomic E-state index is -0.578. The van der Waals surface area contributed by atoms with Gasteiger partial charge in [-0.2, -0.15) is 0 Å². The lowest BCUT2D eigenvalue weighted by atomic mass is 10.0. The lowest BCUT2D eigenvalue weighted by Crippen LogP contribution is -2.47. The van der Waals surface area contributed by atoms with Gasteiger partial charge in [0.15, 0.2) is 0 Å². The van der Waals surface area contributed by atoms with Crippen LogP contribution in [0.5, 0.6) is 0 Å². The second kappa shape index (κ2) is 6.06. The van der Waals surface area contributed by atoms with Gasteiger partial charge >= 0.3 is 0 Å². The van der Waals surface area contributed by atoms with Crippen LogP contribution < -0.4 is 5.32 Å². The number of nitrogens with one attached hydrogen (secondary N) is 1. The Labute approximate surface area is 115 Å². The Balaban J connectivity index is 3.12. The molecule has 0 heterocycles. The highest BCUT2D eigenvalue weighted by atomic mass is 16.3. The Bertz CT molecular complexity index is 455. The van der Waals surface area contributed by atoms with Crippen molar-refractivity contribution in [2.45, 2.75) is 33.2 Å². The van der Waals surface area contributed by atoms with Crippen LogP contribution in [0, 0.1) is 6.92 Å². The fourth-order valence-corrected chi connectivity index (χ4v) is 1.74. The van der Waals surface area contributed by atoms with Crippen molar-refractivity contribution in [3.05, 3.63) is 29.3 Å². The molecule has 0 aliphatic carbocycles. The summed E-state index contributed by atoms with van der Waals surface area (Å²) in [7, 11) is 1.72. The minimum Gasteiger partial charge on any atom is -0.394 e. The summed E-state index contributed by atoms with van der Waals surface area (Å²) in [6.07, 6.45) is 0. The average molecular weight is 264 g/mol. The minimum absolute atomic E-state index is 0.0718. The van der Waals surface area contributed by atoms with Crippen LogP contribution in [0.3, 0.4) is 0 Å². The first-order valence-electron chi connectivity index (χ1n) is 6.57. The first kappa shape index (κ1) is 15.5. The van der Waals surface area contributed by atoms with Gasteiger partial charge in [-0.1, -0.05) is 6.07 Å². The van der Waals surface area contributed by atoms with Crippen molar-refractivity contribution in [2.24, 2.45) is 0 Å². The molecule has 0 aromatic heterocycles. The van der Waals surface area contributed by atoms with Gasteiger partial charge in [0, 0.05) is 19.3 Å². The summed E-state index contributed by atoms with van der Waals surface area (Å²) in [6.45, 7) is 8.36. The molecule has 0 fully saturated rings. The molecule has 2 N–H and O–H groups in total. The van der Waals surface area contributed by atoms with Gasteiger partial charge in [-0.3, -0.25) is 4.79 Å². The third-order valence-electron chi connectivity index (χ3n) is 3.37. The fourth-order valence-electron chi connectivity index (χ4n) is 1.74. The summed E-state index contributed by atoms with van der Waals surface area (Å²) < 4.78 is 0. The maximum absolute atomic E-state index is 12.5. The predicted molar refractivity (Wildman–Crippen MR) is 78.6 cm³/mol. The van der Waals surface area contributed by atoms with E-state index in [-0.39, 0.29) is 12.5 Å². The number of likely N-dealkylation sites (N-methyl/N-ethyl adjacent to an activating group) is 1. The molecule has 106 valence electrons. The second-order valence-corrected chi connectivity index (χ2v) is 5.41. The molecule has 0 bridgehead atoms. The van der Waals surface area contributed by atoms with Gasteiger partial charge in [-0.25, -0.2) is 0 Å². The lowest BCUT2D eigenvalue weighted by molar-refractivity contribution is 0.0474. The number of aryl methyl sites for hydroxylation is 1. The Kier molecular flexibility index (Phi) is 4.95. The highest BCUT2D eigenvalue weighted by Crippen LogP contribution is 2.22. The van der Waals surface area contributed by atoms with Crippen molar-refractivity contribution < 1.29 is 9.90 Å². The van der Waals surface area contributed by atoms with Crippen molar-refractivity contribution in [2.75, 3.05) is 25.5 Å². The zero-order chi connectivity index (χ0) is 14.6. The van der Waals surface area contributed by atoms with Gasteiger partial charge in [0.2, 0.25) is 0 Å². The molecule has 1 amide bonds. The number of anilines is 1. The Hall–Kier alpha value is -1.55. The number of hydrogen-bond donors (Lipinski definition) is 2. The quantitative estimate of drug-likeness (QED) is 0.858. The highest BCUT2D eigenvalue weighted by molar-refractivity contribution is 6.00. The van der Waals surface area contributed by atoms with Crippen LogP contribution in [0.2, 0.25) is 0 Å². The maximum Gasteiger partial charge on any atom is 0.256 e. The van der Waals surface area contributed by atoms with E-state index in [0.717, 1.165) is 17.8 Å². The summed E-state index contributed by atoms with van der Waals surface area (Å²) in [4.78, 5) is 14.1. The molecule has 1 rings (SSSR count). The zero-order valence-corrected chi connectivity index (χ0v) is 12.4. The molecular weight excluding hydrogens is 240 g/mol. The molecule has 0 atom stereocenters. The number of carbonyl (C=O) groups excluding carboxylic acids is 1. The smallest absolute Gasteiger partial charge is 0.256 e. The first-order chi connectivity index (χ1) is 8.83. The van der Waals surface area contributed by atoms with Crippen LogP contribution in [0.15, 0.2) is 18.2 Å². The molecule has 0 saturated heterocycles. The summed E-state index contributed by atoms with van der Waals surface area (Å²) in [5.41, 5.74) is 2.01. The average Bonchev–Trinajstić information content (AvgIpc) is 2.37. The zero-order valence-electron chi connectivity index (χ0n) is 12.4. The van der Waals surface area contributed by atoms with Gasteiger partial charge < -0.3 is 15.3 Å². The topological polar surface area (TPSA) is 52.6 Å². The fraction of sp³-hybridized carbons (Fsp3) is 0.533. The van der Waals surface area contributed by atoms with Crippen LogP contribution in [-0.2, 0) is 0 Å². The van der Waals surface area contributed by atoms with Gasteiger partial charge in [0.25, 0.3) is 5.91 Å². The molecule has 4 nitrogen and oxygen atoms in total. The molecule has 1 aromatic carbocycles. The van der Waals surface area contributed by atoms with Crippen LogP contribution in [0.25, 0.3) is 0 Å². The standard InChI is InChI=1S/C15H24N2O2/c1-6-16-13-9-11(2)7-8-12(13)14(19)17(5)15(3,4)10-18/h7-9,16,18H,6,10H2,1-5H3. The van der Waals surface area contributed by atoms with E-state index in [2.05, 4.69) is 5.32 Å². The Morgan fingerprint density at radius 3 is 2.58 bits per heavy atom. The molecule has 0 aliphatic rings. The monoisotopic (exact) mass is 264 g/mol. The largest absolute Gasteiger partial charge is 0.394 e. The van der Waals surface area contributed by atoms with Crippen LogP contribution in [0.4, 0.5) is 5.69 Å². The van der Waals surface area contributed by atoms with E-state index in [4.69, 9.17) is 0 Å². The van der Waals surface area contributed by atoms with Crippen molar-refractivity contribution in [1.82, 2.24) is 4.90 Å². The van der Waals surface area contributed by atoms with E-state index in [1.54, 1.807) is 11.9 Å². The van der Waals surface area contributed by atoms with E-state index in [9.17, 15) is 9.90 Å². The third-order valence-corrected chi connectivity index (χ3v) is 3.37. The van der Waals surface area contributed by atoms with Gasteiger partial charge in [0.05, 0.1) is 17.7 Å². The Morgan fingerprint density at radius 2 is 2.05 bits per heavy atom. The van der Waals surface area contributed by atoms with Gasteiger partial charge in [-0.05, 0) is 45.4 Å². The lowest BCUT2D eigenvalue weighted by Gasteiger charge is -2.34. The molecule has 0 spiro atoms. The predicted octanol–water partition coefficient (Wildman–Crippen LogP) is 2.27. The molecule has 0 aliphatic heterocycles. The first-order valence-corrected chi connectivity index (χ1v) is 6.57. The second-order valence-electron chi connectivity index (χ2n) is 5.41. The van der Waals surface area contributed by atoms with Crippen molar-refractivity contribution in [1.29, 1.82) is 0 Å². The number of amides is 1. The molecule has 1 aromatic rings. The van der Waals surface area contributed by atoms with E-state index in [0.29, 0.717) is 5.56 Å². The summed E-state index contributed by atoms with van der Waals surface area (Å²) in [6, 6.07) is 5.73. The van der Waals surface area contributed by atoms with Crippen molar-refractivity contribution >= 4 is 11.6 Å². The SMILES string of the molecule is CCNc1cc(C)ccc1C(=O)N(C)C(C)(C)CO. The maximum atomic E-state index is 12.5. The number of aliphatic hydroxyl groups excluding tert-OH is 1. The van der Waals surface area contributed by atoms with Crippen LogP contribution >= 0.6 is 0 Å².